The average Bonchev–Trinajstić information content (AvgIpc) is 3.46. The molecule has 2 aromatic heterocycles. The molecule has 9 nitrogen and oxygen atoms in total. The minimum absolute atomic E-state index is 0.0601. The van der Waals surface area contributed by atoms with E-state index in [1.54, 1.807) is 73.1 Å². The molecule has 0 spiro atoms. The molecule has 1 atom stereocenters. The second kappa shape index (κ2) is 15.1. The third-order valence-electron chi connectivity index (χ3n) is 6.46. The summed E-state index contributed by atoms with van der Waals surface area (Å²) in [6.07, 6.45) is 5.38. The van der Waals surface area contributed by atoms with Crippen LogP contribution >= 0.6 is 23.1 Å². The van der Waals surface area contributed by atoms with Gasteiger partial charge < -0.3 is 20.7 Å². The third kappa shape index (κ3) is 8.55. The van der Waals surface area contributed by atoms with Crippen molar-refractivity contribution in [3.8, 4) is 5.75 Å². The van der Waals surface area contributed by atoms with Gasteiger partial charge in [0.2, 0.25) is 5.91 Å². The summed E-state index contributed by atoms with van der Waals surface area (Å²) >= 11 is 2.79. The van der Waals surface area contributed by atoms with Crippen molar-refractivity contribution in [3.05, 3.63) is 114 Å². The summed E-state index contributed by atoms with van der Waals surface area (Å²) in [6, 6.07) is 25.1. The molecule has 3 aromatic carbocycles. The highest BCUT2D eigenvalue weighted by atomic mass is 32.2. The molecule has 0 saturated carbocycles. The van der Waals surface area contributed by atoms with E-state index >= 15 is 0 Å². The molecule has 0 fully saturated rings. The number of nitrogens with zero attached hydrogens (tertiary/aromatic N) is 2. The van der Waals surface area contributed by atoms with Gasteiger partial charge in [0.15, 0.2) is 5.13 Å². The van der Waals surface area contributed by atoms with Gasteiger partial charge in [-0.1, -0.05) is 48.6 Å². The Balaban J connectivity index is 1.27. The highest BCUT2D eigenvalue weighted by Crippen LogP contribution is 2.32. The van der Waals surface area contributed by atoms with Gasteiger partial charge in [-0.15, -0.1) is 11.8 Å². The number of thiazole rings is 1. The molecule has 228 valence electrons. The molecular weight excluding hydrogens is 607 g/mol. The lowest BCUT2D eigenvalue weighted by Gasteiger charge is -2.15. The molecule has 0 aliphatic heterocycles. The Morgan fingerprint density at radius 3 is 2.56 bits per heavy atom. The van der Waals surface area contributed by atoms with Crippen LogP contribution in [-0.4, -0.2) is 39.5 Å². The first-order chi connectivity index (χ1) is 21.9. The topological polar surface area (TPSA) is 122 Å². The van der Waals surface area contributed by atoms with Gasteiger partial charge in [0, 0.05) is 28.5 Å². The van der Waals surface area contributed by atoms with Crippen LogP contribution in [0.4, 0.5) is 10.8 Å². The maximum atomic E-state index is 13.4. The van der Waals surface area contributed by atoms with Crippen LogP contribution in [0.15, 0.2) is 108 Å². The lowest BCUT2D eigenvalue weighted by Crippen LogP contribution is -2.30. The number of amides is 3. The average molecular weight is 638 g/mol. The van der Waals surface area contributed by atoms with Crippen molar-refractivity contribution in [3.63, 3.8) is 0 Å². The van der Waals surface area contributed by atoms with E-state index in [1.807, 2.05) is 44.2 Å². The molecule has 45 heavy (non-hydrogen) atoms. The SMILES string of the molecule is CCOc1ccc2nc(NC(=O)C(CC)Sc3cccc(NC(=O)/C(=C/c4cccnc4)NC(=O)c4ccccc4)c3)sc2c1. The molecule has 11 heteroatoms. The molecule has 0 bridgehead atoms. The van der Waals surface area contributed by atoms with Crippen LogP contribution < -0.4 is 20.7 Å². The van der Waals surface area contributed by atoms with Gasteiger partial charge in [-0.2, -0.15) is 0 Å². The number of nitrogens with one attached hydrogen (secondary N) is 3. The zero-order valence-electron chi connectivity index (χ0n) is 24.7. The van der Waals surface area contributed by atoms with Crippen LogP contribution in [0.2, 0.25) is 0 Å². The van der Waals surface area contributed by atoms with Crippen molar-refractivity contribution in [2.75, 3.05) is 17.2 Å². The van der Waals surface area contributed by atoms with Gasteiger partial charge >= 0.3 is 0 Å². The Labute approximate surface area is 269 Å². The van der Waals surface area contributed by atoms with Gasteiger partial charge in [0.25, 0.3) is 11.8 Å². The number of ether oxygens (including phenoxy) is 1. The lowest BCUT2D eigenvalue weighted by atomic mass is 10.2. The normalized spacial score (nSPS) is 11.9. The predicted molar refractivity (Wildman–Crippen MR) is 181 cm³/mol. The van der Waals surface area contributed by atoms with Crippen molar-refractivity contribution in [2.45, 2.75) is 30.4 Å². The number of pyridine rings is 1. The summed E-state index contributed by atoms with van der Waals surface area (Å²) in [7, 11) is 0. The Hall–Kier alpha value is -5.00. The summed E-state index contributed by atoms with van der Waals surface area (Å²) in [5.74, 6) is -0.312. The van der Waals surface area contributed by atoms with E-state index in [0.29, 0.717) is 35.0 Å². The summed E-state index contributed by atoms with van der Waals surface area (Å²) in [6.45, 7) is 4.45. The van der Waals surface area contributed by atoms with Gasteiger partial charge in [-0.25, -0.2) is 4.98 Å². The maximum Gasteiger partial charge on any atom is 0.272 e. The molecule has 5 aromatic rings. The second-order valence-electron chi connectivity index (χ2n) is 9.73. The molecule has 2 heterocycles. The van der Waals surface area contributed by atoms with Gasteiger partial charge in [-0.05, 0) is 79.6 Å². The fourth-order valence-corrected chi connectivity index (χ4v) is 6.21. The Kier molecular flexibility index (Phi) is 10.6. The number of anilines is 2. The number of aromatic nitrogens is 2. The molecule has 0 saturated heterocycles. The van der Waals surface area contributed by atoms with Crippen molar-refractivity contribution >= 4 is 67.9 Å². The second-order valence-corrected chi connectivity index (χ2v) is 12.0. The van der Waals surface area contributed by atoms with Gasteiger partial charge in [-0.3, -0.25) is 19.4 Å². The molecule has 0 aliphatic rings. The molecule has 1 unspecified atom stereocenters. The summed E-state index contributed by atoms with van der Waals surface area (Å²) < 4.78 is 6.50. The van der Waals surface area contributed by atoms with Crippen LogP contribution in [0.3, 0.4) is 0 Å². The van der Waals surface area contributed by atoms with E-state index in [2.05, 4.69) is 25.9 Å². The first-order valence-electron chi connectivity index (χ1n) is 14.3. The zero-order chi connectivity index (χ0) is 31.6. The molecule has 3 N–H and O–H groups in total. The van der Waals surface area contributed by atoms with Crippen LogP contribution in [0, 0.1) is 0 Å². The van der Waals surface area contributed by atoms with E-state index in [1.165, 1.54) is 23.1 Å². The lowest BCUT2D eigenvalue weighted by molar-refractivity contribution is -0.116. The first-order valence-corrected chi connectivity index (χ1v) is 16.0. The smallest absolute Gasteiger partial charge is 0.272 e. The highest BCUT2D eigenvalue weighted by Gasteiger charge is 2.21. The van der Waals surface area contributed by atoms with E-state index in [9.17, 15) is 14.4 Å². The number of rotatable bonds is 12. The number of carbonyl (C=O) groups excluding carboxylic acids is 3. The first kappa shape index (κ1) is 31.4. The maximum absolute atomic E-state index is 13.4. The third-order valence-corrected chi connectivity index (χ3v) is 8.75. The van der Waals surface area contributed by atoms with Crippen LogP contribution in [0.5, 0.6) is 5.75 Å². The van der Waals surface area contributed by atoms with Crippen molar-refractivity contribution < 1.29 is 19.1 Å². The Morgan fingerprint density at radius 2 is 1.80 bits per heavy atom. The Morgan fingerprint density at radius 1 is 0.956 bits per heavy atom. The fraction of sp³-hybridized carbons (Fsp3) is 0.147. The van der Waals surface area contributed by atoms with E-state index in [0.717, 1.165) is 20.9 Å². The summed E-state index contributed by atoms with van der Waals surface area (Å²) in [4.78, 5) is 49.0. The van der Waals surface area contributed by atoms with Crippen LogP contribution in [0.25, 0.3) is 16.3 Å². The minimum atomic E-state index is -0.501. The molecular formula is C34H31N5O4S2. The van der Waals surface area contributed by atoms with E-state index in [-0.39, 0.29) is 11.6 Å². The van der Waals surface area contributed by atoms with E-state index in [4.69, 9.17) is 4.74 Å². The number of fused-ring (bicyclic) bond motifs is 1. The fourth-order valence-electron chi connectivity index (χ4n) is 4.30. The largest absolute Gasteiger partial charge is 0.494 e. The predicted octanol–water partition coefficient (Wildman–Crippen LogP) is 7.01. The van der Waals surface area contributed by atoms with Crippen molar-refractivity contribution in [2.24, 2.45) is 0 Å². The summed E-state index contributed by atoms with van der Waals surface area (Å²) in [5, 5.41) is 8.68. The number of hydrogen-bond donors (Lipinski definition) is 3. The van der Waals surface area contributed by atoms with Crippen molar-refractivity contribution in [1.82, 2.24) is 15.3 Å². The van der Waals surface area contributed by atoms with Crippen LogP contribution in [-0.2, 0) is 9.59 Å². The molecule has 3 amide bonds. The number of benzene rings is 3. The van der Waals surface area contributed by atoms with Gasteiger partial charge in [0.05, 0.1) is 22.1 Å². The monoisotopic (exact) mass is 637 g/mol. The number of carbonyl (C=O) groups is 3. The molecule has 0 radical (unpaired) electrons. The van der Waals surface area contributed by atoms with Gasteiger partial charge in [0.1, 0.15) is 11.4 Å². The molecule has 5 rings (SSSR count). The van der Waals surface area contributed by atoms with Crippen LogP contribution in [0.1, 0.15) is 36.2 Å². The molecule has 0 aliphatic carbocycles. The Bertz CT molecular complexity index is 1830. The minimum Gasteiger partial charge on any atom is -0.494 e. The highest BCUT2D eigenvalue weighted by molar-refractivity contribution is 8.00. The van der Waals surface area contributed by atoms with Crippen molar-refractivity contribution in [1.29, 1.82) is 0 Å². The number of thioether (sulfide) groups is 1. The zero-order valence-corrected chi connectivity index (χ0v) is 26.3. The summed E-state index contributed by atoms with van der Waals surface area (Å²) in [5.41, 5.74) is 2.44. The number of hydrogen-bond acceptors (Lipinski definition) is 8. The standard InChI is InChI=1S/C34H31N5O4S2/c1-3-29(33(42)39-34-38-27-16-15-25(43-4-2)20-30(27)45-34)44-26-14-8-13-24(19-26)36-32(41)28(18-22-10-9-17-35-21-22)37-31(40)23-11-6-5-7-12-23/h5-21,29H,3-4H2,1-2H3,(H,36,41)(H,37,40)(H,38,39,42)/b28-18-. The van der Waals surface area contributed by atoms with E-state index < -0.39 is 17.1 Å². The quantitative estimate of drug-likeness (QED) is 0.0994.